The van der Waals surface area contributed by atoms with Crippen molar-refractivity contribution in [2.24, 2.45) is 0 Å². The van der Waals surface area contributed by atoms with Crippen molar-refractivity contribution in [1.29, 1.82) is 0 Å². The lowest BCUT2D eigenvalue weighted by Crippen LogP contribution is -2.35. The first-order valence-electron chi connectivity index (χ1n) is 9.09. The molecular weight excluding hydrogens is 320 g/mol. The van der Waals surface area contributed by atoms with E-state index in [1.807, 2.05) is 30.3 Å². The van der Waals surface area contributed by atoms with Gasteiger partial charge in [-0.05, 0) is 18.4 Å². The average Bonchev–Trinajstić information content (AvgIpc) is 2.57. The molecule has 1 aromatic carbocycles. The first kappa shape index (κ1) is 20.9. The zero-order chi connectivity index (χ0) is 17.5. The summed E-state index contributed by atoms with van der Waals surface area (Å²) in [4.78, 5) is 2.37. The topological polar surface area (TPSA) is 58.2 Å². The summed E-state index contributed by atoms with van der Waals surface area (Å²) in [5, 5.41) is 1.26. The van der Waals surface area contributed by atoms with E-state index >= 15 is 0 Å². The Kier molecular flexibility index (Phi) is 11.4. The van der Waals surface area contributed by atoms with Gasteiger partial charge in [0.25, 0.3) is 0 Å². The molecule has 0 aliphatic heterocycles. The third-order valence-electron chi connectivity index (χ3n) is 3.85. The summed E-state index contributed by atoms with van der Waals surface area (Å²) in [5.74, 6) is 0. The fourth-order valence-corrected chi connectivity index (χ4v) is 3.19. The van der Waals surface area contributed by atoms with Crippen LogP contribution in [0.4, 0.5) is 0 Å². The standard InChI is InChI=1S/C19H32N2O2S/c1-2-3-4-5-6-7-8-9-10-14-17-24(22,23)21-20-18-19-15-12-11-13-16-19/h11-17,20-21H,2-10,18H2,1H3. The van der Waals surface area contributed by atoms with Crippen LogP contribution >= 0.6 is 0 Å². The highest BCUT2D eigenvalue weighted by atomic mass is 32.2. The van der Waals surface area contributed by atoms with Crippen LogP contribution in [0.1, 0.15) is 70.3 Å². The predicted octanol–water partition coefficient (Wildman–Crippen LogP) is 4.66. The molecule has 2 N–H and O–H groups in total. The number of nitrogens with one attached hydrogen (secondary N) is 2. The summed E-state index contributed by atoms with van der Waals surface area (Å²) < 4.78 is 23.6. The second kappa shape index (κ2) is 13.2. The summed E-state index contributed by atoms with van der Waals surface area (Å²) in [6.07, 6.45) is 12.6. The minimum absolute atomic E-state index is 0.464. The minimum Gasteiger partial charge on any atom is -0.239 e. The lowest BCUT2D eigenvalue weighted by atomic mass is 10.1. The summed E-state index contributed by atoms with van der Waals surface area (Å²) >= 11 is 0. The van der Waals surface area contributed by atoms with E-state index in [-0.39, 0.29) is 0 Å². The van der Waals surface area contributed by atoms with Gasteiger partial charge >= 0.3 is 0 Å². The molecule has 0 aliphatic rings. The molecule has 0 radical (unpaired) electrons. The van der Waals surface area contributed by atoms with Crippen LogP contribution in [0.5, 0.6) is 0 Å². The number of sulfonamides is 1. The Morgan fingerprint density at radius 1 is 0.917 bits per heavy atom. The van der Waals surface area contributed by atoms with Gasteiger partial charge < -0.3 is 0 Å². The number of rotatable bonds is 14. The molecule has 5 heteroatoms. The molecule has 0 saturated carbocycles. The minimum atomic E-state index is -3.40. The monoisotopic (exact) mass is 352 g/mol. The van der Waals surface area contributed by atoms with Crippen molar-refractivity contribution >= 4 is 10.0 Å². The maximum absolute atomic E-state index is 11.8. The molecular formula is C19H32N2O2S. The summed E-state index contributed by atoms with van der Waals surface area (Å²) in [6, 6.07) is 9.67. The molecule has 136 valence electrons. The molecule has 4 nitrogen and oxygen atoms in total. The fraction of sp³-hybridized carbons (Fsp3) is 0.579. The Morgan fingerprint density at radius 3 is 2.21 bits per heavy atom. The van der Waals surface area contributed by atoms with Gasteiger partial charge in [-0.3, -0.25) is 0 Å². The average molecular weight is 353 g/mol. The Morgan fingerprint density at radius 2 is 1.54 bits per heavy atom. The maximum Gasteiger partial charge on any atom is 0.246 e. The third-order valence-corrected chi connectivity index (χ3v) is 4.83. The van der Waals surface area contributed by atoms with Gasteiger partial charge in [0.15, 0.2) is 0 Å². The van der Waals surface area contributed by atoms with Gasteiger partial charge in [-0.25, -0.2) is 13.8 Å². The van der Waals surface area contributed by atoms with E-state index in [1.54, 1.807) is 6.08 Å². The molecule has 1 rings (SSSR count). The highest BCUT2D eigenvalue weighted by Gasteiger charge is 2.03. The van der Waals surface area contributed by atoms with E-state index in [2.05, 4.69) is 17.2 Å². The van der Waals surface area contributed by atoms with E-state index in [1.165, 1.54) is 50.4 Å². The molecule has 0 unspecified atom stereocenters. The smallest absolute Gasteiger partial charge is 0.239 e. The number of benzene rings is 1. The molecule has 0 atom stereocenters. The van der Waals surface area contributed by atoms with Crippen molar-refractivity contribution in [3.8, 4) is 0 Å². The van der Waals surface area contributed by atoms with Crippen molar-refractivity contribution in [1.82, 2.24) is 10.3 Å². The normalized spacial score (nSPS) is 12.0. The van der Waals surface area contributed by atoms with E-state index in [0.717, 1.165) is 18.4 Å². The van der Waals surface area contributed by atoms with E-state index in [4.69, 9.17) is 0 Å². The van der Waals surface area contributed by atoms with Gasteiger partial charge in [-0.1, -0.05) is 88.3 Å². The van der Waals surface area contributed by atoms with E-state index < -0.39 is 10.0 Å². The second-order valence-electron chi connectivity index (χ2n) is 6.12. The first-order valence-corrected chi connectivity index (χ1v) is 10.6. The summed E-state index contributed by atoms with van der Waals surface area (Å²) in [6.45, 7) is 2.69. The molecule has 0 heterocycles. The van der Waals surface area contributed by atoms with Crippen LogP contribution in [0.25, 0.3) is 0 Å². The highest BCUT2D eigenvalue weighted by molar-refractivity contribution is 7.92. The van der Waals surface area contributed by atoms with Crippen LogP contribution in [-0.4, -0.2) is 8.42 Å². The van der Waals surface area contributed by atoms with Gasteiger partial charge in [-0.15, -0.1) is 4.83 Å². The molecule has 0 fully saturated rings. The zero-order valence-electron chi connectivity index (χ0n) is 14.8. The Hall–Kier alpha value is -1.17. The van der Waals surface area contributed by atoms with Crippen LogP contribution in [0.15, 0.2) is 41.8 Å². The van der Waals surface area contributed by atoms with Crippen molar-refractivity contribution in [3.63, 3.8) is 0 Å². The van der Waals surface area contributed by atoms with Crippen LogP contribution < -0.4 is 10.3 Å². The highest BCUT2D eigenvalue weighted by Crippen LogP contribution is 2.09. The van der Waals surface area contributed by atoms with Crippen molar-refractivity contribution in [2.75, 3.05) is 0 Å². The van der Waals surface area contributed by atoms with Gasteiger partial charge in [0.1, 0.15) is 0 Å². The van der Waals surface area contributed by atoms with Gasteiger partial charge in [-0.2, -0.15) is 0 Å². The predicted molar refractivity (Wildman–Crippen MR) is 102 cm³/mol. The van der Waals surface area contributed by atoms with E-state index in [9.17, 15) is 8.42 Å². The molecule has 0 spiro atoms. The quantitative estimate of drug-likeness (QED) is 0.378. The largest absolute Gasteiger partial charge is 0.246 e. The van der Waals surface area contributed by atoms with Crippen LogP contribution in [0.2, 0.25) is 0 Å². The number of unbranched alkanes of at least 4 members (excludes halogenated alkanes) is 8. The number of hydrogen-bond donors (Lipinski definition) is 2. The fourth-order valence-electron chi connectivity index (χ4n) is 2.46. The SMILES string of the molecule is CCCCCCCCCCC=CS(=O)(=O)NNCc1ccccc1. The van der Waals surface area contributed by atoms with Gasteiger partial charge in [0.2, 0.25) is 10.0 Å². The maximum atomic E-state index is 11.8. The number of hydrogen-bond acceptors (Lipinski definition) is 3. The van der Waals surface area contributed by atoms with Gasteiger partial charge in [0, 0.05) is 12.0 Å². The number of hydrazine groups is 1. The molecule has 0 aliphatic carbocycles. The van der Waals surface area contributed by atoms with Crippen LogP contribution in [0.3, 0.4) is 0 Å². The Balaban J connectivity index is 2.05. The van der Waals surface area contributed by atoms with Crippen molar-refractivity contribution in [2.45, 2.75) is 71.3 Å². The molecule has 0 saturated heterocycles. The number of allylic oxidation sites excluding steroid dienone is 1. The lowest BCUT2D eigenvalue weighted by molar-refractivity contribution is 0.563. The third kappa shape index (κ3) is 11.4. The molecule has 24 heavy (non-hydrogen) atoms. The zero-order valence-corrected chi connectivity index (χ0v) is 15.7. The molecule has 1 aromatic rings. The Labute approximate surface area is 147 Å². The summed E-state index contributed by atoms with van der Waals surface area (Å²) in [5.41, 5.74) is 3.77. The second-order valence-corrected chi connectivity index (χ2v) is 7.69. The van der Waals surface area contributed by atoms with Crippen molar-refractivity contribution < 1.29 is 8.42 Å². The molecule has 0 bridgehead atoms. The Bertz CT molecular complexity index is 542. The van der Waals surface area contributed by atoms with E-state index in [0.29, 0.717) is 6.54 Å². The molecule has 0 aromatic heterocycles. The first-order chi connectivity index (χ1) is 11.6. The van der Waals surface area contributed by atoms with Gasteiger partial charge in [0.05, 0.1) is 0 Å². The van der Waals surface area contributed by atoms with Crippen molar-refractivity contribution in [3.05, 3.63) is 47.4 Å². The lowest BCUT2D eigenvalue weighted by Gasteiger charge is -2.05. The van der Waals surface area contributed by atoms with Crippen LogP contribution in [-0.2, 0) is 16.6 Å². The van der Waals surface area contributed by atoms with Crippen LogP contribution in [0, 0.1) is 0 Å². The summed E-state index contributed by atoms with van der Waals surface area (Å²) in [7, 11) is -3.40. The molecule has 0 amide bonds.